The fourth-order valence-corrected chi connectivity index (χ4v) is 1.04. The van der Waals surface area contributed by atoms with Crippen molar-refractivity contribution in [2.24, 2.45) is 0 Å². The van der Waals surface area contributed by atoms with E-state index in [9.17, 15) is 5.11 Å². The fraction of sp³-hybridized carbons (Fsp3) is 0.500. The van der Waals surface area contributed by atoms with Crippen molar-refractivity contribution < 1.29 is 9.84 Å². The molecule has 0 aromatic carbocycles. The number of rotatable bonds is 4. The molecule has 0 spiro atoms. The lowest BCUT2D eigenvalue weighted by Gasteiger charge is -2.04. The number of ether oxygens (including phenoxy) is 1. The third kappa shape index (κ3) is 3.13. The second-order valence-corrected chi connectivity index (χ2v) is 3.00. The normalized spacial score (nSPS) is 12.8. The monoisotopic (exact) mass is 181 g/mol. The van der Waals surface area contributed by atoms with E-state index >= 15 is 0 Å². The van der Waals surface area contributed by atoms with Crippen molar-refractivity contribution >= 4 is 0 Å². The van der Waals surface area contributed by atoms with Crippen LogP contribution >= 0.6 is 0 Å². The molecule has 0 saturated carbocycles. The number of hydrogen-bond acceptors (Lipinski definition) is 3. The summed E-state index contributed by atoms with van der Waals surface area (Å²) in [7, 11) is 1.67. The highest BCUT2D eigenvalue weighted by Gasteiger charge is 2.00. The first-order valence-electron chi connectivity index (χ1n) is 4.36. The molecule has 0 fully saturated rings. The van der Waals surface area contributed by atoms with Gasteiger partial charge in [0.05, 0.1) is 12.7 Å². The first-order valence-corrected chi connectivity index (χ1v) is 4.36. The van der Waals surface area contributed by atoms with E-state index in [0.29, 0.717) is 6.61 Å². The summed E-state index contributed by atoms with van der Waals surface area (Å²) < 4.78 is 4.93. The number of nitrogens with zero attached hydrogens (tertiary/aromatic N) is 1. The number of hydrogen-bond donors (Lipinski definition) is 1. The van der Waals surface area contributed by atoms with Gasteiger partial charge in [0.2, 0.25) is 0 Å². The lowest BCUT2D eigenvalue weighted by molar-refractivity contribution is 0.198. The van der Waals surface area contributed by atoms with Gasteiger partial charge in [-0.1, -0.05) is 6.07 Å². The molecule has 1 aromatic heterocycles. The molecule has 1 N–H and O–H groups in total. The second-order valence-electron chi connectivity index (χ2n) is 3.00. The van der Waals surface area contributed by atoms with E-state index in [2.05, 4.69) is 4.98 Å². The second kappa shape index (κ2) is 4.94. The minimum Gasteiger partial charge on any atom is -0.389 e. The topological polar surface area (TPSA) is 42.4 Å². The maximum absolute atomic E-state index is 9.23. The van der Waals surface area contributed by atoms with E-state index in [1.54, 1.807) is 20.2 Å². The molecule has 1 rings (SSSR count). The van der Waals surface area contributed by atoms with E-state index in [1.807, 2.05) is 12.1 Å². The van der Waals surface area contributed by atoms with Gasteiger partial charge in [-0.25, -0.2) is 0 Å². The molecular formula is C10H15NO2. The largest absolute Gasteiger partial charge is 0.389 e. The molecule has 0 radical (unpaired) electrons. The van der Waals surface area contributed by atoms with Crippen molar-refractivity contribution in [3.8, 4) is 0 Å². The zero-order chi connectivity index (χ0) is 9.68. The molecule has 0 bridgehead atoms. The fourth-order valence-electron chi connectivity index (χ4n) is 1.04. The van der Waals surface area contributed by atoms with E-state index in [-0.39, 0.29) is 0 Å². The first kappa shape index (κ1) is 10.2. The van der Waals surface area contributed by atoms with Crippen molar-refractivity contribution in [3.05, 3.63) is 29.6 Å². The van der Waals surface area contributed by atoms with E-state index in [0.717, 1.165) is 17.7 Å². The van der Waals surface area contributed by atoms with Crippen LogP contribution < -0.4 is 0 Å². The van der Waals surface area contributed by atoms with Crippen LogP contribution in [0.1, 0.15) is 24.3 Å². The summed E-state index contributed by atoms with van der Waals surface area (Å²) in [5, 5.41) is 9.23. The lowest BCUT2D eigenvalue weighted by atomic mass is 10.1. The summed E-state index contributed by atoms with van der Waals surface area (Å²) >= 11 is 0. The van der Waals surface area contributed by atoms with Crippen molar-refractivity contribution in [3.63, 3.8) is 0 Å². The highest BCUT2D eigenvalue weighted by molar-refractivity contribution is 5.15. The number of aliphatic hydroxyl groups is 1. The van der Waals surface area contributed by atoms with Crippen LogP contribution in [-0.4, -0.2) is 23.8 Å². The van der Waals surface area contributed by atoms with Gasteiger partial charge in [-0.15, -0.1) is 0 Å². The minimum atomic E-state index is -0.441. The SMILES string of the molecule is COCCc1ccc([C@@H](C)O)cn1. The van der Waals surface area contributed by atoms with Crippen LogP contribution in [-0.2, 0) is 11.2 Å². The summed E-state index contributed by atoms with van der Waals surface area (Å²) in [6.45, 7) is 2.41. The van der Waals surface area contributed by atoms with Gasteiger partial charge in [0.1, 0.15) is 0 Å². The van der Waals surface area contributed by atoms with Crippen LogP contribution in [0.5, 0.6) is 0 Å². The summed E-state index contributed by atoms with van der Waals surface area (Å²) in [6, 6.07) is 3.81. The van der Waals surface area contributed by atoms with Gasteiger partial charge in [-0.3, -0.25) is 4.98 Å². The smallest absolute Gasteiger partial charge is 0.0776 e. The number of pyridine rings is 1. The minimum absolute atomic E-state index is 0.441. The van der Waals surface area contributed by atoms with Gasteiger partial charge in [0.15, 0.2) is 0 Å². The molecule has 0 unspecified atom stereocenters. The molecule has 0 saturated heterocycles. The van der Waals surface area contributed by atoms with E-state index in [4.69, 9.17) is 4.74 Å². The first-order chi connectivity index (χ1) is 6.24. The number of methoxy groups -OCH3 is 1. The van der Waals surface area contributed by atoms with Gasteiger partial charge >= 0.3 is 0 Å². The Hall–Kier alpha value is -0.930. The van der Waals surface area contributed by atoms with Crippen LogP contribution in [0.15, 0.2) is 18.3 Å². The summed E-state index contributed by atoms with van der Waals surface area (Å²) in [6.07, 6.45) is 2.08. The number of aromatic nitrogens is 1. The van der Waals surface area contributed by atoms with Gasteiger partial charge < -0.3 is 9.84 Å². The Bertz CT molecular complexity index is 244. The summed E-state index contributed by atoms with van der Waals surface area (Å²) in [4.78, 5) is 4.20. The Morgan fingerprint density at radius 2 is 2.31 bits per heavy atom. The Kier molecular flexibility index (Phi) is 3.86. The molecule has 13 heavy (non-hydrogen) atoms. The van der Waals surface area contributed by atoms with Crippen LogP contribution in [0.25, 0.3) is 0 Å². The Labute approximate surface area is 78.4 Å². The van der Waals surface area contributed by atoms with Gasteiger partial charge in [0, 0.05) is 25.4 Å². The molecule has 0 amide bonds. The Morgan fingerprint density at radius 1 is 1.54 bits per heavy atom. The molecule has 1 heterocycles. The van der Waals surface area contributed by atoms with Crippen molar-refractivity contribution in [1.82, 2.24) is 4.98 Å². The molecule has 72 valence electrons. The van der Waals surface area contributed by atoms with Crippen LogP contribution in [0, 0.1) is 0 Å². The number of aliphatic hydroxyl groups excluding tert-OH is 1. The maximum Gasteiger partial charge on any atom is 0.0776 e. The lowest BCUT2D eigenvalue weighted by Crippen LogP contribution is -1.99. The zero-order valence-corrected chi connectivity index (χ0v) is 8.03. The molecular weight excluding hydrogens is 166 g/mol. The predicted octanol–water partition coefficient (Wildman–Crippen LogP) is 1.32. The van der Waals surface area contributed by atoms with Gasteiger partial charge in [-0.05, 0) is 18.6 Å². The average Bonchev–Trinajstić information content (AvgIpc) is 2.15. The van der Waals surface area contributed by atoms with Gasteiger partial charge in [0.25, 0.3) is 0 Å². The Balaban J connectivity index is 2.59. The van der Waals surface area contributed by atoms with E-state index in [1.165, 1.54) is 0 Å². The summed E-state index contributed by atoms with van der Waals surface area (Å²) in [5.74, 6) is 0. The molecule has 3 heteroatoms. The highest BCUT2D eigenvalue weighted by Crippen LogP contribution is 2.10. The van der Waals surface area contributed by atoms with Gasteiger partial charge in [-0.2, -0.15) is 0 Å². The quantitative estimate of drug-likeness (QED) is 0.761. The third-order valence-corrected chi connectivity index (χ3v) is 1.89. The van der Waals surface area contributed by atoms with E-state index < -0.39 is 6.10 Å². The Morgan fingerprint density at radius 3 is 2.77 bits per heavy atom. The van der Waals surface area contributed by atoms with Crippen molar-refractivity contribution in [2.75, 3.05) is 13.7 Å². The van der Waals surface area contributed by atoms with Crippen LogP contribution in [0.2, 0.25) is 0 Å². The average molecular weight is 181 g/mol. The molecule has 0 aliphatic heterocycles. The standard InChI is InChI=1S/C10H15NO2/c1-8(12)9-3-4-10(11-7-9)5-6-13-2/h3-4,7-8,12H,5-6H2,1-2H3/t8-/m1/s1. The predicted molar refractivity (Wildman–Crippen MR) is 50.5 cm³/mol. The van der Waals surface area contributed by atoms with Crippen molar-refractivity contribution in [1.29, 1.82) is 0 Å². The third-order valence-electron chi connectivity index (χ3n) is 1.89. The maximum atomic E-state index is 9.23. The van der Waals surface area contributed by atoms with Crippen LogP contribution in [0.4, 0.5) is 0 Å². The molecule has 1 atom stereocenters. The van der Waals surface area contributed by atoms with Crippen LogP contribution in [0.3, 0.4) is 0 Å². The molecule has 3 nitrogen and oxygen atoms in total. The summed E-state index contributed by atoms with van der Waals surface area (Å²) in [5.41, 5.74) is 1.84. The molecule has 0 aliphatic rings. The van der Waals surface area contributed by atoms with Crippen molar-refractivity contribution in [2.45, 2.75) is 19.4 Å². The molecule has 0 aliphatic carbocycles. The molecule has 1 aromatic rings. The zero-order valence-electron chi connectivity index (χ0n) is 8.03. The highest BCUT2D eigenvalue weighted by atomic mass is 16.5.